The molecule has 1 heterocycles. The number of aryl methyl sites for hydroxylation is 1. The second-order valence-corrected chi connectivity index (χ2v) is 7.73. The normalized spacial score (nSPS) is 12.6. The first-order chi connectivity index (χ1) is 15.0. The number of carbonyl (C=O) groups excluding carboxylic acids is 2. The molecule has 1 aliphatic carbocycles. The molecule has 1 aliphatic rings. The van der Waals surface area contributed by atoms with Gasteiger partial charge in [0.2, 0.25) is 0 Å². The van der Waals surface area contributed by atoms with Gasteiger partial charge in [-0.3, -0.25) is 9.59 Å². The van der Waals surface area contributed by atoms with Crippen LogP contribution in [0.3, 0.4) is 0 Å². The van der Waals surface area contributed by atoms with E-state index in [4.69, 9.17) is 14.2 Å². The predicted octanol–water partition coefficient (Wildman–Crippen LogP) is 2.61. The molecule has 1 aromatic heterocycles. The highest BCUT2D eigenvalue weighted by Crippen LogP contribution is 2.37. The Balaban J connectivity index is 1.69. The predicted molar refractivity (Wildman–Crippen MR) is 116 cm³/mol. The number of ether oxygens (including phenoxy) is 3. The summed E-state index contributed by atoms with van der Waals surface area (Å²) < 4.78 is 15.8. The van der Waals surface area contributed by atoms with Crippen molar-refractivity contribution in [2.75, 3.05) is 26.6 Å². The van der Waals surface area contributed by atoms with Crippen molar-refractivity contribution >= 4 is 34.4 Å². The number of nitrogens with zero attached hydrogens (tertiary/aromatic N) is 2. The molecule has 2 N–H and O–H groups in total. The number of amides is 2. The number of hydrogen-bond acceptors (Lipinski definition) is 8. The van der Waals surface area contributed by atoms with Gasteiger partial charge in [-0.1, -0.05) is 0 Å². The summed E-state index contributed by atoms with van der Waals surface area (Å²) in [5.74, 6) is -0.466. The lowest BCUT2D eigenvalue weighted by molar-refractivity contribution is -0.136. The van der Waals surface area contributed by atoms with E-state index in [9.17, 15) is 14.9 Å². The maximum Gasteiger partial charge on any atom is 0.329 e. The quantitative estimate of drug-likeness (QED) is 0.403. The van der Waals surface area contributed by atoms with Crippen LogP contribution in [0.25, 0.3) is 0 Å². The lowest BCUT2D eigenvalue weighted by Crippen LogP contribution is -2.32. The van der Waals surface area contributed by atoms with Gasteiger partial charge in [0.15, 0.2) is 11.5 Å². The summed E-state index contributed by atoms with van der Waals surface area (Å²) in [5.41, 5.74) is 4.12. The Kier molecular flexibility index (Phi) is 7.10. The molecule has 0 saturated heterocycles. The van der Waals surface area contributed by atoms with Crippen LogP contribution in [0.5, 0.6) is 17.2 Å². The molecular formula is C21H22N4O5S. The van der Waals surface area contributed by atoms with Gasteiger partial charge in [0.25, 0.3) is 0 Å². The summed E-state index contributed by atoms with van der Waals surface area (Å²) in [7, 11) is 4.49. The van der Waals surface area contributed by atoms with Gasteiger partial charge >= 0.3 is 11.8 Å². The number of carbonyl (C=O) groups is 2. The minimum atomic E-state index is -0.953. The van der Waals surface area contributed by atoms with Gasteiger partial charge in [-0.2, -0.15) is 10.4 Å². The van der Waals surface area contributed by atoms with Crippen LogP contribution < -0.4 is 25.0 Å². The third-order valence-corrected chi connectivity index (χ3v) is 6.03. The van der Waals surface area contributed by atoms with Crippen LogP contribution in [0.2, 0.25) is 0 Å². The fourth-order valence-electron chi connectivity index (χ4n) is 3.30. The SMILES string of the molecule is COc1cc(OC)c(OC)cc1C=NNC(=O)C(=O)Nc1sc2c(c1C#N)CCCC2. The van der Waals surface area contributed by atoms with Crippen LogP contribution in [-0.2, 0) is 22.4 Å². The Labute approximate surface area is 183 Å². The summed E-state index contributed by atoms with van der Waals surface area (Å²) in [6.07, 6.45) is 5.10. The minimum Gasteiger partial charge on any atom is -0.496 e. The number of nitriles is 1. The summed E-state index contributed by atoms with van der Waals surface area (Å²) >= 11 is 1.35. The molecule has 31 heavy (non-hydrogen) atoms. The molecule has 0 unspecified atom stereocenters. The van der Waals surface area contributed by atoms with E-state index in [1.165, 1.54) is 38.9 Å². The second kappa shape index (κ2) is 9.95. The Morgan fingerprint density at radius 3 is 2.42 bits per heavy atom. The summed E-state index contributed by atoms with van der Waals surface area (Å²) in [4.78, 5) is 25.5. The standard InChI is InChI=1S/C21H22N4O5S/c1-28-15-9-17(30-3)16(29-2)8-12(15)11-23-25-20(27)19(26)24-21-14(10-22)13-6-4-5-7-18(13)31-21/h8-9,11H,4-7H2,1-3H3,(H,24,26)(H,25,27). The summed E-state index contributed by atoms with van der Waals surface area (Å²) in [5, 5.41) is 16.2. The summed E-state index contributed by atoms with van der Waals surface area (Å²) in [6, 6.07) is 5.39. The molecule has 162 valence electrons. The zero-order valence-corrected chi connectivity index (χ0v) is 18.2. The second-order valence-electron chi connectivity index (χ2n) is 6.63. The molecule has 2 aromatic rings. The zero-order chi connectivity index (χ0) is 22.4. The Bertz CT molecular complexity index is 1070. The number of benzene rings is 1. The zero-order valence-electron chi connectivity index (χ0n) is 17.4. The van der Waals surface area contributed by atoms with Crippen molar-refractivity contribution in [1.29, 1.82) is 5.26 Å². The van der Waals surface area contributed by atoms with Gasteiger partial charge < -0.3 is 19.5 Å². The van der Waals surface area contributed by atoms with Crippen molar-refractivity contribution < 1.29 is 23.8 Å². The monoisotopic (exact) mass is 442 g/mol. The van der Waals surface area contributed by atoms with E-state index in [1.807, 2.05) is 0 Å². The van der Waals surface area contributed by atoms with E-state index in [0.717, 1.165) is 36.1 Å². The maximum atomic E-state index is 12.3. The van der Waals surface area contributed by atoms with E-state index in [1.54, 1.807) is 12.1 Å². The van der Waals surface area contributed by atoms with Gasteiger partial charge in [-0.05, 0) is 37.3 Å². The fourth-order valence-corrected chi connectivity index (χ4v) is 4.53. The first-order valence-electron chi connectivity index (χ1n) is 9.51. The lowest BCUT2D eigenvalue weighted by Gasteiger charge is -2.11. The average Bonchev–Trinajstić information content (AvgIpc) is 3.15. The molecule has 0 saturated carbocycles. The van der Waals surface area contributed by atoms with Crippen molar-refractivity contribution in [3.8, 4) is 23.3 Å². The van der Waals surface area contributed by atoms with Crippen molar-refractivity contribution in [3.05, 3.63) is 33.7 Å². The molecule has 2 amide bonds. The van der Waals surface area contributed by atoms with Crippen LogP contribution >= 0.6 is 11.3 Å². The highest BCUT2D eigenvalue weighted by Gasteiger charge is 2.23. The molecule has 0 spiro atoms. The first-order valence-corrected chi connectivity index (χ1v) is 10.3. The molecule has 3 rings (SSSR count). The van der Waals surface area contributed by atoms with Crippen molar-refractivity contribution in [1.82, 2.24) is 5.43 Å². The largest absolute Gasteiger partial charge is 0.496 e. The molecule has 0 aliphatic heterocycles. The molecule has 0 bridgehead atoms. The van der Waals surface area contributed by atoms with Gasteiger partial charge in [-0.15, -0.1) is 11.3 Å². The van der Waals surface area contributed by atoms with Crippen molar-refractivity contribution in [3.63, 3.8) is 0 Å². The third-order valence-electron chi connectivity index (χ3n) is 4.82. The van der Waals surface area contributed by atoms with Crippen LogP contribution in [0.15, 0.2) is 17.2 Å². The Morgan fingerprint density at radius 1 is 1.06 bits per heavy atom. The number of nitrogens with one attached hydrogen (secondary N) is 2. The third kappa shape index (κ3) is 4.78. The van der Waals surface area contributed by atoms with Crippen LogP contribution in [0.1, 0.15) is 34.4 Å². The van der Waals surface area contributed by atoms with Gasteiger partial charge in [-0.25, -0.2) is 5.43 Å². The van der Waals surface area contributed by atoms with Gasteiger partial charge in [0, 0.05) is 16.5 Å². The van der Waals surface area contributed by atoms with E-state index in [2.05, 4.69) is 21.9 Å². The molecule has 0 fully saturated rings. The number of rotatable bonds is 6. The van der Waals surface area contributed by atoms with Crippen LogP contribution in [0.4, 0.5) is 5.00 Å². The topological polar surface area (TPSA) is 122 Å². The highest BCUT2D eigenvalue weighted by molar-refractivity contribution is 7.16. The van der Waals surface area contributed by atoms with E-state index >= 15 is 0 Å². The Hall–Kier alpha value is -3.58. The molecular weight excluding hydrogens is 420 g/mol. The number of hydrogen-bond donors (Lipinski definition) is 2. The minimum absolute atomic E-state index is 0.403. The van der Waals surface area contributed by atoms with E-state index in [0.29, 0.717) is 33.4 Å². The van der Waals surface area contributed by atoms with Crippen LogP contribution in [0, 0.1) is 11.3 Å². The van der Waals surface area contributed by atoms with E-state index < -0.39 is 11.8 Å². The number of anilines is 1. The molecule has 10 heteroatoms. The fraction of sp³-hybridized carbons (Fsp3) is 0.333. The Morgan fingerprint density at radius 2 is 1.74 bits per heavy atom. The average molecular weight is 442 g/mol. The molecule has 0 radical (unpaired) electrons. The van der Waals surface area contributed by atoms with Gasteiger partial charge in [0.05, 0.1) is 33.1 Å². The molecule has 9 nitrogen and oxygen atoms in total. The smallest absolute Gasteiger partial charge is 0.329 e. The highest BCUT2D eigenvalue weighted by atomic mass is 32.1. The van der Waals surface area contributed by atoms with E-state index in [-0.39, 0.29) is 0 Å². The number of thiophene rings is 1. The van der Waals surface area contributed by atoms with Crippen molar-refractivity contribution in [2.24, 2.45) is 5.10 Å². The molecule has 1 aromatic carbocycles. The number of fused-ring (bicyclic) bond motifs is 1. The van der Waals surface area contributed by atoms with Gasteiger partial charge in [0.1, 0.15) is 16.8 Å². The molecule has 0 atom stereocenters. The number of hydrazone groups is 1. The maximum absolute atomic E-state index is 12.3. The van der Waals surface area contributed by atoms with Crippen molar-refractivity contribution in [2.45, 2.75) is 25.7 Å². The lowest BCUT2D eigenvalue weighted by atomic mass is 9.96. The number of methoxy groups -OCH3 is 3. The van der Waals surface area contributed by atoms with Crippen LogP contribution in [-0.4, -0.2) is 39.4 Å². The summed E-state index contributed by atoms with van der Waals surface area (Å²) in [6.45, 7) is 0. The first kappa shape index (κ1) is 22.1.